The highest BCUT2D eigenvalue weighted by atomic mass is 32.2. The van der Waals surface area contributed by atoms with Crippen molar-refractivity contribution in [3.8, 4) is 0 Å². The highest BCUT2D eigenvalue weighted by Gasteiger charge is 2.11. The summed E-state index contributed by atoms with van der Waals surface area (Å²) in [6.07, 6.45) is 0. The van der Waals surface area contributed by atoms with Gasteiger partial charge in [0, 0.05) is 11.4 Å². The number of hydrogen-bond acceptors (Lipinski definition) is 4. The number of aryl methyl sites for hydroxylation is 3. The largest absolute Gasteiger partial charge is 0.436 e. The van der Waals surface area contributed by atoms with E-state index in [2.05, 4.69) is 49.3 Å². The van der Waals surface area contributed by atoms with Gasteiger partial charge < -0.3 is 9.73 Å². The van der Waals surface area contributed by atoms with Crippen molar-refractivity contribution < 1.29 is 4.42 Å². The first-order valence-electron chi connectivity index (χ1n) is 7.38. The van der Waals surface area contributed by atoms with Crippen LogP contribution in [0.4, 0.5) is 0 Å². The summed E-state index contributed by atoms with van der Waals surface area (Å²) in [5.41, 5.74) is 3.54. The summed E-state index contributed by atoms with van der Waals surface area (Å²) in [6, 6.07) is 6.52. The maximum Gasteiger partial charge on any atom is 0.261 e. The summed E-state index contributed by atoms with van der Waals surface area (Å²) < 4.78 is 5.68. The van der Waals surface area contributed by atoms with Crippen molar-refractivity contribution in [2.45, 2.75) is 51.3 Å². The van der Waals surface area contributed by atoms with E-state index >= 15 is 0 Å². The second-order valence-electron chi connectivity index (χ2n) is 5.86. The van der Waals surface area contributed by atoms with E-state index in [-0.39, 0.29) is 0 Å². The standard InChI is InChI=1S/C17H24N2OS/c1-11(2)9-18-10-15-8-12(3)6-7-16(15)21-17-19-13(4)14(5)20-17/h6-8,11,18H,9-10H2,1-5H3. The van der Waals surface area contributed by atoms with Crippen LogP contribution in [-0.2, 0) is 6.54 Å². The second kappa shape index (κ2) is 7.14. The van der Waals surface area contributed by atoms with E-state index in [0.29, 0.717) is 5.92 Å². The number of benzene rings is 1. The minimum absolute atomic E-state index is 0.656. The molecule has 0 aliphatic heterocycles. The van der Waals surface area contributed by atoms with Gasteiger partial charge in [0.15, 0.2) is 0 Å². The van der Waals surface area contributed by atoms with Gasteiger partial charge in [0.25, 0.3) is 5.22 Å². The molecule has 0 saturated heterocycles. The lowest BCUT2D eigenvalue weighted by atomic mass is 10.1. The third-order valence-electron chi connectivity index (χ3n) is 3.29. The summed E-state index contributed by atoms with van der Waals surface area (Å²) in [7, 11) is 0. The first-order chi connectivity index (χ1) is 9.95. The van der Waals surface area contributed by atoms with Gasteiger partial charge in [0.2, 0.25) is 0 Å². The van der Waals surface area contributed by atoms with Crippen LogP contribution in [0.3, 0.4) is 0 Å². The maximum absolute atomic E-state index is 5.68. The van der Waals surface area contributed by atoms with Crippen LogP contribution in [0, 0.1) is 26.7 Å². The molecule has 4 heteroatoms. The average molecular weight is 304 g/mol. The van der Waals surface area contributed by atoms with E-state index in [1.165, 1.54) is 16.0 Å². The Morgan fingerprint density at radius 3 is 2.62 bits per heavy atom. The molecule has 0 spiro atoms. The molecule has 1 aromatic carbocycles. The molecule has 0 radical (unpaired) electrons. The summed E-state index contributed by atoms with van der Waals surface area (Å²) in [4.78, 5) is 5.66. The quantitative estimate of drug-likeness (QED) is 0.853. The van der Waals surface area contributed by atoms with Gasteiger partial charge in [0.05, 0.1) is 5.69 Å². The lowest BCUT2D eigenvalue weighted by Gasteiger charge is -2.11. The first kappa shape index (κ1) is 16.1. The van der Waals surface area contributed by atoms with Crippen LogP contribution in [-0.4, -0.2) is 11.5 Å². The minimum atomic E-state index is 0.656. The Morgan fingerprint density at radius 2 is 2.00 bits per heavy atom. The minimum Gasteiger partial charge on any atom is -0.436 e. The van der Waals surface area contributed by atoms with E-state index in [1.807, 2.05) is 13.8 Å². The number of nitrogens with zero attached hydrogens (tertiary/aromatic N) is 1. The fourth-order valence-electron chi connectivity index (χ4n) is 2.02. The molecular weight excluding hydrogens is 280 g/mol. The van der Waals surface area contributed by atoms with E-state index in [9.17, 15) is 0 Å². The van der Waals surface area contributed by atoms with Crippen LogP contribution < -0.4 is 5.32 Å². The Morgan fingerprint density at radius 1 is 1.24 bits per heavy atom. The number of nitrogens with one attached hydrogen (secondary N) is 1. The third-order valence-corrected chi connectivity index (χ3v) is 4.26. The molecule has 1 aromatic heterocycles. The van der Waals surface area contributed by atoms with Crippen LogP contribution in [0.2, 0.25) is 0 Å². The van der Waals surface area contributed by atoms with Crippen molar-refractivity contribution in [2.75, 3.05) is 6.54 Å². The molecule has 0 bridgehead atoms. The van der Waals surface area contributed by atoms with E-state index in [4.69, 9.17) is 4.42 Å². The highest BCUT2D eigenvalue weighted by molar-refractivity contribution is 7.99. The fourth-order valence-corrected chi connectivity index (χ4v) is 2.96. The van der Waals surface area contributed by atoms with Gasteiger partial charge in [-0.15, -0.1) is 0 Å². The van der Waals surface area contributed by atoms with E-state index in [0.717, 1.165) is 29.8 Å². The fraction of sp³-hybridized carbons (Fsp3) is 0.471. The molecule has 0 aliphatic rings. The molecule has 3 nitrogen and oxygen atoms in total. The second-order valence-corrected chi connectivity index (χ2v) is 6.85. The van der Waals surface area contributed by atoms with Crippen molar-refractivity contribution in [2.24, 2.45) is 5.92 Å². The Kier molecular flexibility index (Phi) is 5.48. The first-order valence-corrected chi connectivity index (χ1v) is 8.19. The predicted octanol–water partition coefficient (Wildman–Crippen LogP) is 4.50. The Balaban J connectivity index is 2.14. The van der Waals surface area contributed by atoms with Crippen molar-refractivity contribution in [3.05, 3.63) is 40.8 Å². The molecular formula is C17H24N2OS. The van der Waals surface area contributed by atoms with Gasteiger partial charge in [-0.1, -0.05) is 31.5 Å². The van der Waals surface area contributed by atoms with Gasteiger partial charge in [0.1, 0.15) is 5.76 Å². The zero-order valence-corrected chi connectivity index (χ0v) is 14.3. The highest BCUT2D eigenvalue weighted by Crippen LogP contribution is 2.31. The summed E-state index contributed by atoms with van der Waals surface area (Å²) in [6.45, 7) is 12.4. The van der Waals surface area contributed by atoms with Gasteiger partial charge in [-0.3, -0.25) is 0 Å². The molecule has 21 heavy (non-hydrogen) atoms. The summed E-state index contributed by atoms with van der Waals surface area (Å²) in [5, 5.41) is 4.23. The van der Waals surface area contributed by atoms with Crippen LogP contribution in [0.1, 0.15) is 36.4 Å². The van der Waals surface area contributed by atoms with Crippen LogP contribution >= 0.6 is 11.8 Å². The molecule has 0 fully saturated rings. The summed E-state index contributed by atoms with van der Waals surface area (Å²) >= 11 is 1.60. The molecule has 1 heterocycles. The van der Waals surface area contributed by atoms with Gasteiger partial charge >= 0.3 is 0 Å². The van der Waals surface area contributed by atoms with E-state index in [1.54, 1.807) is 11.8 Å². The molecule has 0 saturated carbocycles. The van der Waals surface area contributed by atoms with Crippen LogP contribution in [0.5, 0.6) is 0 Å². The smallest absolute Gasteiger partial charge is 0.261 e. The maximum atomic E-state index is 5.68. The molecule has 1 N–H and O–H groups in total. The predicted molar refractivity (Wildman–Crippen MR) is 87.8 cm³/mol. The van der Waals surface area contributed by atoms with E-state index < -0.39 is 0 Å². The van der Waals surface area contributed by atoms with Gasteiger partial charge in [-0.2, -0.15) is 0 Å². The number of oxazole rings is 1. The lowest BCUT2D eigenvalue weighted by Crippen LogP contribution is -2.19. The van der Waals surface area contributed by atoms with Crippen LogP contribution in [0.25, 0.3) is 0 Å². The average Bonchev–Trinajstić information content (AvgIpc) is 2.71. The molecule has 114 valence electrons. The third kappa shape index (κ3) is 4.61. The molecule has 2 aromatic rings. The Bertz CT molecular complexity index is 585. The van der Waals surface area contributed by atoms with Crippen LogP contribution in [0.15, 0.2) is 32.7 Å². The molecule has 0 unspecified atom stereocenters. The van der Waals surface area contributed by atoms with Gasteiger partial charge in [-0.25, -0.2) is 4.98 Å². The van der Waals surface area contributed by atoms with Gasteiger partial charge in [-0.05, 0) is 56.6 Å². The molecule has 0 aliphatic carbocycles. The molecule has 0 atom stereocenters. The number of hydrogen-bond donors (Lipinski definition) is 1. The zero-order valence-electron chi connectivity index (χ0n) is 13.5. The molecule has 2 rings (SSSR count). The summed E-state index contributed by atoms with van der Waals surface area (Å²) in [5.74, 6) is 1.55. The SMILES string of the molecule is Cc1ccc(Sc2nc(C)c(C)o2)c(CNCC(C)C)c1. The van der Waals surface area contributed by atoms with Crippen molar-refractivity contribution >= 4 is 11.8 Å². The van der Waals surface area contributed by atoms with Crippen molar-refractivity contribution in [1.29, 1.82) is 0 Å². The lowest BCUT2D eigenvalue weighted by molar-refractivity contribution is 0.431. The Labute approximate surface area is 131 Å². The monoisotopic (exact) mass is 304 g/mol. The number of aromatic nitrogens is 1. The van der Waals surface area contributed by atoms with Crippen molar-refractivity contribution in [3.63, 3.8) is 0 Å². The normalized spacial score (nSPS) is 11.3. The Hall–Kier alpha value is -1.26. The van der Waals surface area contributed by atoms with Crippen molar-refractivity contribution in [1.82, 2.24) is 10.3 Å². The molecule has 0 amide bonds. The zero-order chi connectivity index (χ0) is 15.4. The topological polar surface area (TPSA) is 38.1 Å². The number of rotatable bonds is 6.